The van der Waals surface area contributed by atoms with Crippen LogP contribution in [0.3, 0.4) is 0 Å². The van der Waals surface area contributed by atoms with Crippen LogP contribution in [0.15, 0.2) is 112 Å². The first-order valence-electron chi connectivity index (χ1n) is 20.8. The summed E-state index contributed by atoms with van der Waals surface area (Å²) in [6, 6.07) is 0.528. The van der Waals surface area contributed by atoms with Crippen LogP contribution < -0.4 is 0 Å². The fraction of sp³-hybridized carbons (Fsp3) is 0.500. The Kier molecular flexibility index (Phi) is 9.46. The summed E-state index contributed by atoms with van der Waals surface area (Å²) in [5, 5.41) is 0. The van der Waals surface area contributed by atoms with E-state index in [0.717, 1.165) is 19.3 Å². The molecule has 3 unspecified atom stereocenters. The van der Waals surface area contributed by atoms with Gasteiger partial charge in [-0.3, -0.25) is 0 Å². The van der Waals surface area contributed by atoms with Gasteiger partial charge < -0.3 is 9.47 Å². The summed E-state index contributed by atoms with van der Waals surface area (Å²) in [5.74, 6) is 1.23. The van der Waals surface area contributed by atoms with Crippen molar-refractivity contribution in [1.29, 1.82) is 0 Å². The number of allylic oxidation sites excluding steroid dienone is 18. The van der Waals surface area contributed by atoms with Gasteiger partial charge in [-0.25, -0.2) is 0 Å². The Hall–Kier alpha value is -3.52. The fourth-order valence-corrected chi connectivity index (χ4v) is 10.6. The summed E-state index contributed by atoms with van der Waals surface area (Å²) < 4.78 is 2.78. The molecule has 1 aromatic rings. The van der Waals surface area contributed by atoms with Crippen LogP contribution in [0.2, 0.25) is 0 Å². The Labute approximate surface area is 302 Å². The predicted octanol–water partition coefficient (Wildman–Crippen LogP) is 12.8. The highest BCUT2D eigenvalue weighted by Crippen LogP contribution is 2.43. The van der Waals surface area contributed by atoms with E-state index in [4.69, 9.17) is 0 Å². The minimum absolute atomic E-state index is 0.528. The maximum atomic E-state index is 2.78. The lowest BCUT2D eigenvalue weighted by Crippen LogP contribution is -2.26. The lowest BCUT2D eigenvalue weighted by Gasteiger charge is -2.37. The SMILES string of the molecule is C1=Cc2c(c3c(n2C2C=CC(C4C=CC(N(C5=CC=C(C6=CCCCC6)CC5)C5=CC=C(C6=CCCCC6)CC5)=CC4)CC2)CCCC3)CC1. The number of aromatic nitrogens is 1. The molecule has 1 aromatic heterocycles. The van der Waals surface area contributed by atoms with E-state index in [-0.39, 0.29) is 0 Å². The van der Waals surface area contributed by atoms with E-state index in [9.17, 15) is 0 Å². The van der Waals surface area contributed by atoms with Gasteiger partial charge in [0, 0.05) is 28.5 Å². The first-order valence-corrected chi connectivity index (χ1v) is 20.8. The quantitative estimate of drug-likeness (QED) is 0.264. The van der Waals surface area contributed by atoms with Crippen molar-refractivity contribution in [2.24, 2.45) is 11.8 Å². The molecule has 0 fully saturated rings. The van der Waals surface area contributed by atoms with Gasteiger partial charge in [-0.1, -0.05) is 54.7 Å². The molecule has 0 radical (unpaired) electrons. The molecule has 1 heterocycles. The third-order valence-corrected chi connectivity index (χ3v) is 13.4. The monoisotopic (exact) mass is 662 g/mol. The average Bonchev–Trinajstić information content (AvgIpc) is 3.54. The van der Waals surface area contributed by atoms with Crippen LogP contribution in [0.1, 0.15) is 144 Å². The summed E-state index contributed by atoms with van der Waals surface area (Å²) in [4.78, 5) is 2.66. The summed E-state index contributed by atoms with van der Waals surface area (Å²) in [5.41, 5.74) is 17.4. The Morgan fingerprint density at radius 1 is 0.520 bits per heavy atom. The lowest BCUT2D eigenvalue weighted by atomic mass is 9.79. The highest BCUT2D eigenvalue weighted by atomic mass is 15.2. The molecule has 2 heteroatoms. The predicted molar refractivity (Wildman–Crippen MR) is 210 cm³/mol. The van der Waals surface area contributed by atoms with Crippen LogP contribution in [-0.4, -0.2) is 9.47 Å². The van der Waals surface area contributed by atoms with Crippen molar-refractivity contribution in [3.63, 3.8) is 0 Å². The number of fused-ring (bicyclic) bond motifs is 3. The van der Waals surface area contributed by atoms with E-state index < -0.39 is 0 Å². The molecule has 0 aliphatic heterocycles. The standard InChI is InChI=1S/C48H58N2/c1-3-11-35(12-4-1)37-19-27-41(28-20-37)49(42-29-21-38(22-30-42)36-13-5-2-6-14-36)43-31-23-39(24-32-43)40-25-33-44(34-26-40)50-47-17-9-7-15-45(47)46-16-8-10-18-48(46)50/h9,11,13,17,19,21,23,25,27,29,31-33,39-40,44H,1-8,10,12,14-16,18,20,22,24,26,28,30,34H2. The molecule has 260 valence electrons. The van der Waals surface area contributed by atoms with Gasteiger partial charge >= 0.3 is 0 Å². The van der Waals surface area contributed by atoms with Crippen molar-refractivity contribution in [3.05, 3.63) is 135 Å². The number of hydrogen-bond donors (Lipinski definition) is 0. The third kappa shape index (κ3) is 6.42. The molecule has 2 nitrogen and oxygen atoms in total. The Morgan fingerprint density at radius 3 is 1.84 bits per heavy atom. The summed E-state index contributed by atoms with van der Waals surface area (Å²) in [7, 11) is 0. The van der Waals surface area contributed by atoms with E-state index >= 15 is 0 Å². The Balaban J connectivity index is 0.943. The molecule has 3 atom stereocenters. The number of hydrogen-bond acceptors (Lipinski definition) is 1. The average molecular weight is 663 g/mol. The van der Waals surface area contributed by atoms with Gasteiger partial charge in [0.25, 0.3) is 0 Å². The van der Waals surface area contributed by atoms with Gasteiger partial charge in [0.15, 0.2) is 0 Å². The van der Waals surface area contributed by atoms with Crippen molar-refractivity contribution in [2.75, 3.05) is 0 Å². The highest BCUT2D eigenvalue weighted by molar-refractivity contribution is 5.59. The lowest BCUT2D eigenvalue weighted by molar-refractivity contribution is 0.368. The minimum atomic E-state index is 0.528. The normalized spacial score (nSPS) is 27.9. The smallest absolute Gasteiger partial charge is 0.0519 e. The molecule has 0 saturated heterocycles. The van der Waals surface area contributed by atoms with E-state index in [1.54, 1.807) is 44.8 Å². The largest absolute Gasteiger partial charge is 0.338 e. The molecule has 9 rings (SSSR count). The van der Waals surface area contributed by atoms with Crippen molar-refractivity contribution in [1.82, 2.24) is 9.47 Å². The van der Waals surface area contributed by atoms with Gasteiger partial charge in [0.2, 0.25) is 0 Å². The van der Waals surface area contributed by atoms with E-state index in [1.807, 2.05) is 0 Å². The van der Waals surface area contributed by atoms with Crippen molar-refractivity contribution >= 4 is 6.08 Å². The zero-order chi connectivity index (χ0) is 33.3. The molecule has 50 heavy (non-hydrogen) atoms. The second-order valence-electron chi connectivity index (χ2n) is 16.4. The van der Waals surface area contributed by atoms with Gasteiger partial charge in [0.05, 0.1) is 6.04 Å². The number of nitrogens with zero attached hydrogens (tertiary/aromatic N) is 2. The minimum Gasteiger partial charge on any atom is -0.338 e. The molecule has 0 amide bonds. The van der Waals surface area contributed by atoms with Crippen LogP contribution >= 0.6 is 0 Å². The molecule has 0 spiro atoms. The van der Waals surface area contributed by atoms with Crippen LogP contribution in [0, 0.1) is 11.8 Å². The fourth-order valence-electron chi connectivity index (χ4n) is 10.6. The Bertz CT molecular complexity index is 1740. The molecular formula is C48H58N2. The van der Waals surface area contributed by atoms with Crippen molar-refractivity contribution < 1.29 is 0 Å². The summed E-state index contributed by atoms with van der Waals surface area (Å²) >= 11 is 0. The first-order chi connectivity index (χ1) is 24.8. The zero-order valence-corrected chi connectivity index (χ0v) is 30.5. The molecule has 0 saturated carbocycles. The maximum absolute atomic E-state index is 2.78. The van der Waals surface area contributed by atoms with Gasteiger partial charge in [-0.05, 0) is 204 Å². The topological polar surface area (TPSA) is 8.17 Å². The molecule has 0 N–H and O–H groups in total. The summed E-state index contributed by atoms with van der Waals surface area (Å²) in [6.45, 7) is 0. The van der Waals surface area contributed by atoms with Crippen molar-refractivity contribution in [2.45, 2.75) is 141 Å². The van der Waals surface area contributed by atoms with Crippen LogP contribution in [0.4, 0.5) is 0 Å². The Morgan fingerprint density at radius 2 is 1.24 bits per heavy atom. The molecule has 0 bridgehead atoms. The van der Waals surface area contributed by atoms with Crippen LogP contribution in [-0.2, 0) is 19.3 Å². The van der Waals surface area contributed by atoms with Crippen LogP contribution in [0.5, 0.6) is 0 Å². The summed E-state index contributed by atoms with van der Waals surface area (Å²) in [6.07, 6.45) is 59.2. The molecule has 8 aliphatic carbocycles. The van der Waals surface area contributed by atoms with E-state index in [0.29, 0.717) is 17.9 Å². The molecular weight excluding hydrogens is 605 g/mol. The van der Waals surface area contributed by atoms with Gasteiger partial charge in [-0.15, -0.1) is 0 Å². The van der Waals surface area contributed by atoms with Crippen LogP contribution in [0.25, 0.3) is 6.08 Å². The first kappa shape index (κ1) is 32.4. The molecule has 0 aromatic carbocycles. The van der Waals surface area contributed by atoms with E-state index in [1.165, 1.54) is 133 Å². The van der Waals surface area contributed by atoms with E-state index in [2.05, 4.69) is 88.5 Å². The maximum Gasteiger partial charge on any atom is 0.0519 e. The second-order valence-corrected chi connectivity index (χ2v) is 16.4. The second kappa shape index (κ2) is 14.6. The van der Waals surface area contributed by atoms with Crippen molar-refractivity contribution in [3.8, 4) is 0 Å². The number of rotatable bonds is 7. The van der Waals surface area contributed by atoms with Gasteiger partial charge in [-0.2, -0.15) is 0 Å². The zero-order valence-electron chi connectivity index (χ0n) is 30.5. The third-order valence-electron chi connectivity index (χ3n) is 13.4. The highest BCUT2D eigenvalue weighted by Gasteiger charge is 2.31. The van der Waals surface area contributed by atoms with Gasteiger partial charge in [0.1, 0.15) is 0 Å². The molecule has 8 aliphatic rings.